The SMILES string of the molecule is CCCCCCOc1ccc(C(=O)NC(=S)NNC(=O)c2ccc(OC)c(Br)c2)cc1. The number of hydrogen-bond acceptors (Lipinski definition) is 5. The molecule has 9 heteroatoms. The number of benzene rings is 2. The van der Waals surface area contributed by atoms with E-state index >= 15 is 0 Å². The van der Waals surface area contributed by atoms with Gasteiger partial charge in [0.05, 0.1) is 18.2 Å². The van der Waals surface area contributed by atoms with E-state index in [4.69, 9.17) is 21.7 Å². The highest BCUT2D eigenvalue weighted by Crippen LogP contribution is 2.25. The van der Waals surface area contributed by atoms with Crippen molar-refractivity contribution in [1.82, 2.24) is 16.2 Å². The third-order valence-electron chi connectivity index (χ3n) is 4.31. The molecule has 0 fully saturated rings. The number of ether oxygens (including phenoxy) is 2. The van der Waals surface area contributed by atoms with Crippen LogP contribution in [0, 0.1) is 0 Å². The highest BCUT2D eigenvalue weighted by atomic mass is 79.9. The van der Waals surface area contributed by atoms with E-state index in [1.807, 2.05) is 0 Å². The molecule has 0 aliphatic heterocycles. The lowest BCUT2D eigenvalue weighted by atomic mass is 10.2. The number of thiocarbonyl (C=S) groups is 1. The van der Waals surface area contributed by atoms with Crippen molar-refractivity contribution in [2.45, 2.75) is 32.6 Å². The molecule has 0 bridgehead atoms. The molecule has 7 nitrogen and oxygen atoms in total. The maximum Gasteiger partial charge on any atom is 0.269 e. The number of amides is 2. The van der Waals surface area contributed by atoms with Gasteiger partial charge in [-0.15, -0.1) is 0 Å². The molecular weight excluding hydrogens is 482 g/mol. The summed E-state index contributed by atoms with van der Waals surface area (Å²) in [5.41, 5.74) is 5.77. The number of carbonyl (C=O) groups excluding carboxylic acids is 2. The van der Waals surface area contributed by atoms with Gasteiger partial charge in [0.2, 0.25) is 0 Å². The minimum atomic E-state index is -0.416. The Bertz CT molecular complexity index is 906. The Kier molecular flexibility index (Phi) is 10.3. The third-order valence-corrected chi connectivity index (χ3v) is 5.14. The van der Waals surface area contributed by atoms with Gasteiger partial charge in [0.25, 0.3) is 11.8 Å². The van der Waals surface area contributed by atoms with E-state index in [0.29, 0.717) is 33.7 Å². The van der Waals surface area contributed by atoms with Crippen molar-refractivity contribution in [3.63, 3.8) is 0 Å². The minimum absolute atomic E-state index is 0.0258. The average Bonchev–Trinajstić information content (AvgIpc) is 2.77. The average molecular weight is 508 g/mol. The second-order valence-electron chi connectivity index (χ2n) is 6.65. The first-order valence-electron chi connectivity index (χ1n) is 9.92. The van der Waals surface area contributed by atoms with Gasteiger partial charge in [0.15, 0.2) is 5.11 Å². The molecule has 0 unspecified atom stereocenters. The van der Waals surface area contributed by atoms with Crippen molar-refractivity contribution in [3.05, 3.63) is 58.1 Å². The van der Waals surface area contributed by atoms with Gasteiger partial charge in [-0.2, -0.15) is 0 Å². The molecule has 0 heterocycles. The summed E-state index contributed by atoms with van der Waals surface area (Å²) in [6.45, 7) is 2.82. The molecule has 0 aliphatic rings. The van der Waals surface area contributed by atoms with E-state index in [1.165, 1.54) is 20.0 Å². The number of rotatable bonds is 9. The number of nitrogens with one attached hydrogen (secondary N) is 3. The smallest absolute Gasteiger partial charge is 0.269 e. The molecule has 0 aromatic heterocycles. The first kappa shape index (κ1) is 24.6. The predicted molar refractivity (Wildman–Crippen MR) is 127 cm³/mol. The van der Waals surface area contributed by atoms with Crippen LogP contribution in [0.5, 0.6) is 11.5 Å². The molecule has 31 heavy (non-hydrogen) atoms. The van der Waals surface area contributed by atoms with Crippen molar-refractivity contribution in [3.8, 4) is 11.5 Å². The van der Waals surface area contributed by atoms with Gasteiger partial charge < -0.3 is 9.47 Å². The predicted octanol–water partition coefficient (Wildman–Crippen LogP) is 4.37. The summed E-state index contributed by atoms with van der Waals surface area (Å²) < 4.78 is 11.4. The van der Waals surface area contributed by atoms with Crippen molar-refractivity contribution in [2.24, 2.45) is 0 Å². The molecule has 2 aromatic rings. The van der Waals surface area contributed by atoms with Crippen molar-refractivity contribution >= 4 is 45.1 Å². The van der Waals surface area contributed by atoms with Crippen molar-refractivity contribution < 1.29 is 19.1 Å². The number of methoxy groups -OCH3 is 1. The van der Waals surface area contributed by atoms with Crippen LogP contribution in [0.1, 0.15) is 53.3 Å². The highest BCUT2D eigenvalue weighted by Gasteiger charge is 2.11. The quantitative estimate of drug-likeness (QED) is 0.265. The van der Waals surface area contributed by atoms with E-state index in [0.717, 1.165) is 12.8 Å². The lowest BCUT2D eigenvalue weighted by Gasteiger charge is -2.12. The fraction of sp³-hybridized carbons (Fsp3) is 0.318. The van der Waals surface area contributed by atoms with E-state index in [1.54, 1.807) is 42.5 Å². The van der Waals surface area contributed by atoms with Crippen LogP contribution in [0.25, 0.3) is 0 Å². The monoisotopic (exact) mass is 507 g/mol. The molecule has 0 atom stereocenters. The topological polar surface area (TPSA) is 88.7 Å². The summed E-state index contributed by atoms with van der Waals surface area (Å²) in [6, 6.07) is 11.7. The van der Waals surface area contributed by atoms with Crippen LogP contribution in [0.15, 0.2) is 46.9 Å². The van der Waals surface area contributed by atoms with Gasteiger partial charge >= 0.3 is 0 Å². The number of carbonyl (C=O) groups is 2. The second kappa shape index (κ2) is 12.9. The van der Waals surface area contributed by atoms with Crippen LogP contribution in [0.4, 0.5) is 0 Å². The Balaban J connectivity index is 1.78. The van der Waals surface area contributed by atoms with Crippen LogP contribution in [-0.2, 0) is 0 Å². The molecule has 0 saturated carbocycles. The molecule has 0 spiro atoms. The molecule has 0 radical (unpaired) electrons. The molecule has 2 rings (SSSR count). The molecule has 2 aromatic carbocycles. The van der Waals surface area contributed by atoms with Gasteiger partial charge in [-0.25, -0.2) is 0 Å². The van der Waals surface area contributed by atoms with Crippen molar-refractivity contribution in [2.75, 3.05) is 13.7 Å². The lowest BCUT2D eigenvalue weighted by Crippen LogP contribution is -2.48. The maximum atomic E-state index is 12.3. The van der Waals surface area contributed by atoms with Gasteiger partial charge in [-0.1, -0.05) is 26.2 Å². The van der Waals surface area contributed by atoms with Crippen LogP contribution in [0.3, 0.4) is 0 Å². The Morgan fingerprint density at radius 3 is 2.32 bits per heavy atom. The summed E-state index contributed by atoms with van der Waals surface area (Å²) in [7, 11) is 1.54. The van der Waals surface area contributed by atoms with E-state index in [9.17, 15) is 9.59 Å². The summed E-state index contributed by atoms with van der Waals surface area (Å²) in [5.74, 6) is 0.515. The van der Waals surface area contributed by atoms with Crippen LogP contribution in [0.2, 0.25) is 0 Å². The third kappa shape index (κ3) is 8.18. The van der Waals surface area contributed by atoms with Crippen molar-refractivity contribution in [1.29, 1.82) is 0 Å². The fourth-order valence-corrected chi connectivity index (χ4v) is 3.31. The summed E-state index contributed by atoms with van der Waals surface area (Å²) in [4.78, 5) is 24.5. The molecule has 166 valence electrons. The Morgan fingerprint density at radius 1 is 0.968 bits per heavy atom. The Labute approximate surface area is 196 Å². The summed E-state index contributed by atoms with van der Waals surface area (Å²) in [6.07, 6.45) is 4.54. The normalized spacial score (nSPS) is 10.2. The zero-order valence-electron chi connectivity index (χ0n) is 17.5. The van der Waals surface area contributed by atoms with Gasteiger partial charge in [0.1, 0.15) is 11.5 Å². The van der Waals surface area contributed by atoms with Crippen LogP contribution >= 0.6 is 28.1 Å². The van der Waals surface area contributed by atoms with Gasteiger partial charge in [0, 0.05) is 11.1 Å². The fourth-order valence-electron chi connectivity index (χ4n) is 2.62. The second-order valence-corrected chi connectivity index (χ2v) is 7.91. The number of unbranched alkanes of at least 4 members (excludes halogenated alkanes) is 3. The summed E-state index contributed by atoms with van der Waals surface area (Å²) in [5, 5.41) is 2.49. The molecule has 0 aliphatic carbocycles. The first-order chi connectivity index (χ1) is 14.9. The Hall–Kier alpha value is -2.65. The largest absolute Gasteiger partial charge is 0.496 e. The van der Waals surface area contributed by atoms with E-state index in [2.05, 4.69) is 39.0 Å². The number of halogens is 1. The molecule has 0 saturated heterocycles. The Morgan fingerprint density at radius 2 is 1.68 bits per heavy atom. The van der Waals surface area contributed by atoms with Gasteiger partial charge in [-0.05, 0) is 77.0 Å². The van der Waals surface area contributed by atoms with Crippen LogP contribution < -0.4 is 25.6 Å². The number of hydrogen-bond donors (Lipinski definition) is 3. The standard InChI is InChI=1S/C22H26BrN3O4S/c1-3-4-5-6-13-30-17-10-7-15(8-11-17)20(27)24-22(31)26-25-21(28)16-9-12-19(29-2)18(23)14-16/h7-12,14H,3-6,13H2,1-2H3,(H,25,28)(H2,24,26,27,31). The number of hydrazine groups is 1. The summed E-state index contributed by atoms with van der Waals surface area (Å²) >= 11 is 8.40. The lowest BCUT2D eigenvalue weighted by molar-refractivity contribution is 0.0934. The van der Waals surface area contributed by atoms with Gasteiger partial charge in [-0.3, -0.25) is 25.8 Å². The zero-order chi connectivity index (χ0) is 22.6. The molecular formula is C22H26BrN3O4S. The molecule has 3 N–H and O–H groups in total. The minimum Gasteiger partial charge on any atom is -0.496 e. The van der Waals surface area contributed by atoms with E-state index < -0.39 is 11.8 Å². The highest BCUT2D eigenvalue weighted by molar-refractivity contribution is 9.10. The van der Waals surface area contributed by atoms with Crippen LogP contribution in [-0.4, -0.2) is 30.6 Å². The molecule has 2 amide bonds. The zero-order valence-corrected chi connectivity index (χ0v) is 19.9. The maximum absolute atomic E-state index is 12.3. The van der Waals surface area contributed by atoms with E-state index in [-0.39, 0.29) is 5.11 Å². The first-order valence-corrected chi connectivity index (χ1v) is 11.1.